The van der Waals surface area contributed by atoms with Gasteiger partial charge in [-0.15, -0.1) is 0 Å². The minimum Gasteiger partial charge on any atom is -0.313 e. The highest BCUT2D eigenvalue weighted by molar-refractivity contribution is 6.30. The number of halogens is 1. The minimum atomic E-state index is -0.459. The molecule has 0 aromatic heterocycles. The smallest absolute Gasteiger partial charge is 0.313 e. The van der Waals surface area contributed by atoms with E-state index in [1.165, 1.54) is 12.3 Å². The standard InChI is InChI=1S/C10H8ClN3O2/c11-8-2-1-3-9(6-8)14-10(16)13-5-4-12-7-15/h1-6H,(H2,13,14,16)/b5-4+. The van der Waals surface area contributed by atoms with Crippen molar-refractivity contribution in [3.8, 4) is 0 Å². The van der Waals surface area contributed by atoms with Crippen LogP contribution in [0.4, 0.5) is 10.5 Å². The van der Waals surface area contributed by atoms with Crippen molar-refractivity contribution in [2.45, 2.75) is 0 Å². The van der Waals surface area contributed by atoms with Gasteiger partial charge in [0.05, 0.1) is 6.20 Å². The van der Waals surface area contributed by atoms with Gasteiger partial charge in [0.25, 0.3) is 0 Å². The van der Waals surface area contributed by atoms with Gasteiger partial charge in [-0.2, -0.15) is 4.99 Å². The Hall–Kier alpha value is -2.10. The molecule has 1 aromatic carbocycles. The highest BCUT2D eigenvalue weighted by Gasteiger charge is 1.98. The van der Waals surface area contributed by atoms with Crippen molar-refractivity contribution in [2.24, 2.45) is 4.99 Å². The van der Waals surface area contributed by atoms with E-state index in [-0.39, 0.29) is 0 Å². The fourth-order valence-corrected chi connectivity index (χ4v) is 1.10. The molecular weight excluding hydrogens is 230 g/mol. The Kier molecular flexibility index (Phi) is 4.79. The number of carbonyl (C=O) groups is 1. The second-order valence-electron chi connectivity index (χ2n) is 2.64. The van der Waals surface area contributed by atoms with E-state index in [4.69, 9.17) is 11.6 Å². The second-order valence-corrected chi connectivity index (χ2v) is 3.08. The van der Waals surface area contributed by atoms with Crippen LogP contribution in [0.3, 0.4) is 0 Å². The third kappa shape index (κ3) is 4.41. The van der Waals surface area contributed by atoms with Gasteiger partial charge >= 0.3 is 6.03 Å². The molecule has 0 aliphatic heterocycles. The molecule has 0 fully saturated rings. The maximum Gasteiger partial charge on any atom is 0.323 e. The van der Waals surface area contributed by atoms with Gasteiger partial charge in [-0.3, -0.25) is 0 Å². The van der Waals surface area contributed by atoms with Gasteiger partial charge in [0.1, 0.15) is 0 Å². The van der Waals surface area contributed by atoms with E-state index in [1.807, 2.05) is 0 Å². The number of amides is 2. The molecule has 0 saturated carbocycles. The fourth-order valence-electron chi connectivity index (χ4n) is 0.914. The van der Waals surface area contributed by atoms with Gasteiger partial charge in [-0.05, 0) is 18.2 Å². The van der Waals surface area contributed by atoms with Crippen LogP contribution in [0.15, 0.2) is 41.7 Å². The lowest BCUT2D eigenvalue weighted by molar-refractivity contribution is 0.255. The molecule has 2 amide bonds. The molecule has 82 valence electrons. The molecule has 0 heterocycles. The number of carbonyl (C=O) groups excluding carboxylic acids is 2. The average Bonchev–Trinajstić information content (AvgIpc) is 2.24. The molecule has 0 saturated heterocycles. The molecule has 0 aliphatic rings. The Bertz CT molecular complexity index is 453. The molecule has 16 heavy (non-hydrogen) atoms. The first-order valence-electron chi connectivity index (χ1n) is 4.27. The van der Waals surface area contributed by atoms with E-state index in [2.05, 4.69) is 15.6 Å². The van der Waals surface area contributed by atoms with Crippen LogP contribution in [-0.4, -0.2) is 12.1 Å². The third-order valence-corrected chi connectivity index (χ3v) is 1.73. The Morgan fingerprint density at radius 2 is 2.31 bits per heavy atom. The van der Waals surface area contributed by atoms with Crippen LogP contribution in [-0.2, 0) is 4.79 Å². The predicted octanol–water partition coefficient (Wildman–Crippen LogP) is 2.27. The molecule has 0 bridgehead atoms. The second kappa shape index (κ2) is 6.40. The van der Waals surface area contributed by atoms with E-state index in [9.17, 15) is 9.59 Å². The van der Waals surface area contributed by atoms with Crippen LogP contribution in [0.25, 0.3) is 0 Å². The lowest BCUT2D eigenvalue weighted by Gasteiger charge is -2.03. The molecule has 2 N–H and O–H groups in total. The topological polar surface area (TPSA) is 70.6 Å². The van der Waals surface area contributed by atoms with Crippen molar-refractivity contribution in [3.63, 3.8) is 0 Å². The van der Waals surface area contributed by atoms with Gasteiger partial charge in [0.15, 0.2) is 0 Å². The van der Waals surface area contributed by atoms with Gasteiger partial charge in [0, 0.05) is 16.9 Å². The van der Waals surface area contributed by atoms with E-state index in [1.54, 1.807) is 24.3 Å². The lowest BCUT2D eigenvalue weighted by atomic mass is 10.3. The number of aliphatic imine (C=N–C) groups is 1. The summed E-state index contributed by atoms with van der Waals surface area (Å²) in [5.41, 5.74) is 0.567. The van der Waals surface area contributed by atoms with E-state index in [0.717, 1.165) is 6.20 Å². The number of hydrogen-bond acceptors (Lipinski definition) is 3. The summed E-state index contributed by atoms with van der Waals surface area (Å²) in [6.07, 6.45) is 3.63. The summed E-state index contributed by atoms with van der Waals surface area (Å²) in [4.78, 5) is 24.0. The Morgan fingerprint density at radius 1 is 1.50 bits per heavy atom. The molecule has 1 aromatic rings. The predicted molar refractivity (Wildman–Crippen MR) is 60.9 cm³/mol. The van der Waals surface area contributed by atoms with Crippen LogP contribution < -0.4 is 10.6 Å². The van der Waals surface area contributed by atoms with Crippen molar-refractivity contribution >= 4 is 29.4 Å². The van der Waals surface area contributed by atoms with Crippen molar-refractivity contribution in [2.75, 3.05) is 5.32 Å². The Labute approximate surface area is 96.8 Å². The van der Waals surface area contributed by atoms with Crippen LogP contribution >= 0.6 is 11.6 Å². The average molecular weight is 238 g/mol. The molecule has 5 nitrogen and oxygen atoms in total. The number of benzene rings is 1. The molecule has 0 unspecified atom stereocenters. The van der Waals surface area contributed by atoms with Crippen LogP contribution in [0.5, 0.6) is 0 Å². The van der Waals surface area contributed by atoms with E-state index >= 15 is 0 Å². The van der Waals surface area contributed by atoms with Crippen molar-refractivity contribution in [1.29, 1.82) is 0 Å². The lowest BCUT2D eigenvalue weighted by Crippen LogP contribution is -2.23. The van der Waals surface area contributed by atoms with Crippen LogP contribution in [0, 0.1) is 0 Å². The summed E-state index contributed by atoms with van der Waals surface area (Å²) in [6.45, 7) is 0. The van der Waals surface area contributed by atoms with Crippen LogP contribution in [0.2, 0.25) is 5.02 Å². The van der Waals surface area contributed by atoms with Crippen LogP contribution in [0.1, 0.15) is 0 Å². The summed E-state index contributed by atoms with van der Waals surface area (Å²) in [5, 5.41) is 5.40. The molecule has 0 aliphatic carbocycles. The number of anilines is 1. The van der Waals surface area contributed by atoms with Crippen molar-refractivity contribution in [3.05, 3.63) is 41.7 Å². The minimum absolute atomic E-state index is 0.459. The normalized spacial score (nSPS) is 9.56. The third-order valence-electron chi connectivity index (χ3n) is 1.50. The Morgan fingerprint density at radius 3 is 3.00 bits per heavy atom. The Balaban J connectivity index is 2.48. The monoisotopic (exact) mass is 237 g/mol. The quantitative estimate of drug-likeness (QED) is 0.625. The summed E-state index contributed by atoms with van der Waals surface area (Å²) in [6, 6.07) is 6.25. The number of nitrogens with one attached hydrogen (secondary N) is 2. The first kappa shape index (κ1) is 12.0. The number of hydrogen-bond donors (Lipinski definition) is 2. The summed E-state index contributed by atoms with van der Waals surface area (Å²) in [5.74, 6) is 0. The highest BCUT2D eigenvalue weighted by Crippen LogP contribution is 2.14. The van der Waals surface area contributed by atoms with Gasteiger partial charge in [-0.25, -0.2) is 9.59 Å². The zero-order chi connectivity index (χ0) is 11.8. The summed E-state index contributed by atoms with van der Waals surface area (Å²) < 4.78 is 0. The SMILES string of the molecule is O=C=N/C=C/NC(=O)Nc1cccc(Cl)c1. The number of urea groups is 1. The van der Waals surface area contributed by atoms with E-state index in [0.29, 0.717) is 10.7 Å². The number of nitrogens with zero attached hydrogens (tertiary/aromatic N) is 1. The summed E-state index contributed by atoms with van der Waals surface area (Å²) >= 11 is 5.73. The molecule has 1 rings (SSSR count). The number of isocyanates is 1. The summed E-state index contributed by atoms with van der Waals surface area (Å²) in [7, 11) is 0. The maximum absolute atomic E-state index is 11.2. The number of rotatable bonds is 3. The molecule has 0 atom stereocenters. The largest absolute Gasteiger partial charge is 0.323 e. The first-order valence-corrected chi connectivity index (χ1v) is 4.65. The highest BCUT2D eigenvalue weighted by atomic mass is 35.5. The molecular formula is C10H8ClN3O2. The van der Waals surface area contributed by atoms with Gasteiger partial charge in [0.2, 0.25) is 6.08 Å². The fraction of sp³-hybridized carbons (Fsp3) is 0. The van der Waals surface area contributed by atoms with E-state index < -0.39 is 6.03 Å². The van der Waals surface area contributed by atoms with Crippen molar-refractivity contribution in [1.82, 2.24) is 5.32 Å². The zero-order valence-corrected chi connectivity index (χ0v) is 8.86. The van der Waals surface area contributed by atoms with Gasteiger partial charge < -0.3 is 10.6 Å². The molecule has 6 heteroatoms. The van der Waals surface area contributed by atoms with Gasteiger partial charge in [-0.1, -0.05) is 17.7 Å². The first-order chi connectivity index (χ1) is 7.72. The van der Waals surface area contributed by atoms with Crippen molar-refractivity contribution < 1.29 is 9.59 Å². The molecule has 0 radical (unpaired) electrons. The molecule has 0 spiro atoms. The maximum atomic E-state index is 11.2. The zero-order valence-electron chi connectivity index (χ0n) is 8.11.